The highest BCUT2D eigenvalue weighted by Gasteiger charge is 2.30. The molecule has 1 atom stereocenters. The summed E-state index contributed by atoms with van der Waals surface area (Å²) in [4.78, 5) is 6.84. The smallest absolute Gasteiger partial charge is 0.152 e. The van der Waals surface area contributed by atoms with Crippen LogP contribution >= 0.6 is 0 Å². The summed E-state index contributed by atoms with van der Waals surface area (Å²) in [6.45, 7) is 3.16. The van der Waals surface area contributed by atoms with Gasteiger partial charge in [0, 0.05) is 37.9 Å². The predicted octanol–water partition coefficient (Wildman–Crippen LogP) is 2.57. The largest absolute Gasteiger partial charge is 0.330 e. The maximum absolute atomic E-state index is 4.55. The molecule has 2 aromatic heterocycles. The average molecular weight is 328 g/mol. The maximum atomic E-state index is 4.55. The van der Waals surface area contributed by atoms with Gasteiger partial charge in [-0.2, -0.15) is 0 Å². The standard InChI is InChI=1S/C18H28N6/c1-22-17(13-23-11-9-19-14-23)20-21-18(22)15-6-5-10-24(12-15)16-7-3-2-4-8-16/h9,11,14-16H,2-8,10,12-13H2,1H3/t15-/m1/s1. The molecule has 3 heterocycles. The summed E-state index contributed by atoms with van der Waals surface area (Å²) in [7, 11) is 2.11. The van der Waals surface area contributed by atoms with Crippen LogP contribution in [-0.2, 0) is 13.6 Å². The first-order valence-electron chi connectivity index (χ1n) is 9.39. The van der Waals surface area contributed by atoms with Crippen molar-refractivity contribution in [3.63, 3.8) is 0 Å². The van der Waals surface area contributed by atoms with Gasteiger partial charge < -0.3 is 9.13 Å². The first kappa shape index (κ1) is 15.8. The first-order chi connectivity index (χ1) is 11.8. The van der Waals surface area contributed by atoms with Crippen LogP contribution in [0.3, 0.4) is 0 Å². The van der Waals surface area contributed by atoms with Crippen LogP contribution in [0, 0.1) is 0 Å². The molecule has 0 unspecified atom stereocenters. The van der Waals surface area contributed by atoms with Crippen LogP contribution in [0.5, 0.6) is 0 Å². The minimum Gasteiger partial charge on any atom is -0.330 e. The molecule has 2 aliphatic rings. The van der Waals surface area contributed by atoms with Gasteiger partial charge in [-0.3, -0.25) is 4.90 Å². The number of hydrogen-bond acceptors (Lipinski definition) is 4. The third-order valence-electron chi connectivity index (χ3n) is 5.79. The van der Waals surface area contributed by atoms with Gasteiger partial charge in [0.05, 0.1) is 12.9 Å². The number of nitrogens with zero attached hydrogens (tertiary/aromatic N) is 6. The van der Waals surface area contributed by atoms with Crippen LogP contribution in [0.2, 0.25) is 0 Å². The molecule has 24 heavy (non-hydrogen) atoms. The molecule has 6 nitrogen and oxygen atoms in total. The fourth-order valence-corrected chi connectivity index (χ4v) is 4.41. The quantitative estimate of drug-likeness (QED) is 0.865. The molecule has 1 aliphatic carbocycles. The normalized spacial score (nSPS) is 23.6. The Morgan fingerprint density at radius 1 is 1.08 bits per heavy atom. The van der Waals surface area contributed by atoms with Gasteiger partial charge in [-0.05, 0) is 32.2 Å². The molecule has 2 fully saturated rings. The first-order valence-corrected chi connectivity index (χ1v) is 9.39. The van der Waals surface area contributed by atoms with Crippen molar-refractivity contribution in [1.29, 1.82) is 0 Å². The molecule has 1 aliphatic heterocycles. The molecule has 0 bridgehead atoms. The summed E-state index contributed by atoms with van der Waals surface area (Å²) in [5.74, 6) is 2.69. The fourth-order valence-electron chi connectivity index (χ4n) is 4.41. The topological polar surface area (TPSA) is 51.8 Å². The Kier molecular flexibility index (Phi) is 4.65. The van der Waals surface area contributed by atoms with Crippen molar-refractivity contribution < 1.29 is 0 Å². The highest BCUT2D eigenvalue weighted by atomic mass is 15.3. The number of likely N-dealkylation sites (tertiary alicyclic amines) is 1. The molecular weight excluding hydrogens is 300 g/mol. The predicted molar refractivity (Wildman–Crippen MR) is 92.8 cm³/mol. The molecule has 1 saturated carbocycles. The Morgan fingerprint density at radius 2 is 1.96 bits per heavy atom. The van der Waals surface area contributed by atoms with Crippen LogP contribution in [-0.4, -0.2) is 48.3 Å². The summed E-state index contributed by atoms with van der Waals surface area (Å²) >= 11 is 0. The average Bonchev–Trinajstić information content (AvgIpc) is 3.27. The Labute approximate surface area is 143 Å². The van der Waals surface area contributed by atoms with Gasteiger partial charge in [-0.15, -0.1) is 10.2 Å². The zero-order chi connectivity index (χ0) is 16.4. The van der Waals surface area contributed by atoms with Crippen molar-refractivity contribution in [2.45, 2.75) is 63.5 Å². The van der Waals surface area contributed by atoms with E-state index in [0.717, 1.165) is 30.8 Å². The molecule has 0 amide bonds. The van der Waals surface area contributed by atoms with Gasteiger partial charge in [-0.25, -0.2) is 4.98 Å². The van der Waals surface area contributed by atoms with E-state index in [4.69, 9.17) is 0 Å². The molecule has 0 aromatic carbocycles. The zero-order valence-electron chi connectivity index (χ0n) is 14.6. The zero-order valence-corrected chi connectivity index (χ0v) is 14.6. The lowest BCUT2D eigenvalue weighted by Crippen LogP contribution is -2.43. The second kappa shape index (κ2) is 7.05. The highest BCUT2D eigenvalue weighted by Crippen LogP contribution is 2.31. The van der Waals surface area contributed by atoms with Crippen LogP contribution in [0.25, 0.3) is 0 Å². The van der Waals surface area contributed by atoms with E-state index in [1.54, 1.807) is 6.20 Å². The van der Waals surface area contributed by atoms with Gasteiger partial charge >= 0.3 is 0 Å². The number of piperidine rings is 1. The Hall–Kier alpha value is -1.69. The second-order valence-electron chi connectivity index (χ2n) is 7.39. The van der Waals surface area contributed by atoms with E-state index >= 15 is 0 Å². The van der Waals surface area contributed by atoms with Crippen molar-refractivity contribution in [2.24, 2.45) is 7.05 Å². The third kappa shape index (κ3) is 3.24. The van der Waals surface area contributed by atoms with Gasteiger partial charge in [0.2, 0.25) is 0 Å². The number of aromatic nitrogens is 5. The van der Waals surface area contributed by atoms with Crippen LogP contribution in [0.15, 0.2) is 18.7 Å². The van der Waals surface area contributed by atoms with Crippen molar-refractivity contribution >= 4 is 0 Å². The van der Waals surface area contributed by atoms with Gasteiger partial charge in [0.15, 0.2) is 5.82 Å². The Morgan fingerprint density at radius 3 is 2.75 bits per heavy atom. The molecule has 0 spiro atoms. The van der Waals surface area contributed by atoms with Crippen molar-refractivity contribution in [2.75, 3.05) is 13.1 Å². The lowest BCUT2D eigenvalue weighted by atomic mass is 9.90. The highest BCUT2D eigenvalue weighted by molar-refractivity contribution is 5.05. The van der Waals surface area contributed by atoms with Gasteiger partial charge in [-0.1, -0.05) is 19.3 Å². The van der Waals surface area contributed by atoms with Crippen molar-refractivity contribution in [3.05, 3.63) is 30.4 Å². The summed E-state index contributed by atoms with van der Waals surface area (Å²) < 4.78 is 4.25. The molecule has 1 saturated heterocycles. The van der Waals surface area contributed by atoms with Crippen molar-refractivity contribution in [3.8, 4) is 0 Å². The van der Waals surface area contributed by atoms with E-state index in [1.807, 2.05) is 17.1 Å². The van der Waals surface area contributed by atoms with Crippen LogP contribution in [0.1, 0.15) is 62.5 Å². The molecular formula is C18H28N6. The summed E-state index contributed by atoms with van der Waals surface area (Å²) in [6.07, 6.45) is 15.1. The molecule has 6 heteroatoms. The van der Waals surface area contributed by atoms with Crippen molar-refractivity contribution in [1.82, 2.24) is 29.2 Å². The summed E-state index contributed by atoms with van der Waals surface area (Å²) in [5.41, 5.74) is 0. The molecule has 2 aromatic rings. The van der Waals surface area contributed by atoms with Crippen LogP contribution in [0.4, 0.5) is 0 Å². The molecule has 130 valence electrons. The minimum absolute atomic E-state index is 0.523. The van der Waals surface area contributed by atoms with E-state index in [0.29, 0.717) is 5.92 Å². The summed E-state index contributed by atoms with van der Waals surface area (Å²) in [5, 5.41) is 9.00. The third-order valence-corrected chi connectivity index (χ3v) is 5.79. The number of rotatable bonds is 4. The van der Waals surface area contributed by atoms with E-state index in [2.05, 4.69) is 31.7 Å². The lowest BCUT2D eigenvalue weighted by Gasteiger charge is -2.39. The number of hydrogen-bond donors (Lipinski definition) is 0. The van der Waals surface area contributed by atoms with E-state index in [9.17, 15) is 0 Å². The summed E-state index contributed by atoms with van der Waals surface area (Å²) in [6, 6.07) is 0.806. The second-order valence-corrected chi connectivity index (χ2v) is 7.39. The molecule has 4 rings (SSSR count). The van der Waals surface area contributed by atoms with Gasteiger partial charge in [0.1, 0.15) is 5.82 Å². The lowest BCUT2D eigenvalue weighted by molar-refractivity contribution is 0.116. The molecule has 0 N–H and O–H groups in total. The van der Waals surface area contributed by atoms with Gasteiger partial charge in [0.25, 0.3) is 0 Å². The Bertz CT molecular complexity index is 641. The Balaban J connectivity index is 1.46. The SMILES string of the molecule is Cn1c(Cn2ccnc2)nnc1[C@@H]1CCCN(C2CCCCC2)C1. The van der Waals surface area contributed by atoms with Crippen LogP contribution < -0.4 is 0 Å². The maximum Gasteiger partial charge on any atom is 0.152 e. The van der Waals surface area contributed by atoms with E-state index in [1.165, 1.54) is 51.5 Å². The number of imidazole rings is 1. The van der Waals surface area contributed by atoms with E-state index < -0.39 is 0 Å². The fraction of sp³-hybridized carbons (Fsp3) is 0.722. The van der Waals surface area contributed by atoms with E-state index in [-0.39, 0.29) is 0 Å². The molecule has 0 radical (unpaired) electrons. The minimum atomic E-state index is 0.523. The monoisotopic (exact) mass is 328 g/mol.